The van der Waals surface area contributed by atoms with Crippen LogP contribution in [-0.2, 0) is 11.2 Å². The minimum absolute atomic E-state index is 0.0255. The Hall–Kier alpha value is -1.37. The molecular formula is C19H24O. The van der Waals surface area contributed by atoms with E-state index >= 15 is 0 Å². The molecule has 4 rings (SSSR count). The first kappa shape index (κ1) is 13.6. The van der Waals surface area contributed by atoms with Crippen molar-refractivity contribution in [1.82, 2.24) is 0 Å². The molecule has 1 nitrogen and oxygen atoms in total. The minimum atomic E-state index is 0.0255. The molecule has 106 valence electrons. The molecular weight excluding hydrogens is 244 g/mol. The Morgan fingerprint density at radius 3 is 2.40 bits per heavy atom. The first-order valence-electron chi connectivity index (χ1n) is 7.73. The number of allylic oxidation sites excluding steroid dienone is 1. The fraction of sp³-hybridized carbons (Fsp3) is 0.526. The van der Waals surface area contributed by atoms with Gasteiger partial charge in [0.25, 0.3) is 0 Å². The predicted octanol–water partition coefficient (Wildman–Crippen LogP) is 4.66. The SMILES string of the molecule is C1=Cc2ccccc2C1.CC12CCC(CC1=O)C2(C)C. The highest BCUT2D eigenvalue weighted by Gasteiger charge is 2.61. The van der Waals surface area contributed by atoms with Gasteiger partial charge >= 0.3 is 0 Å². The molecule has 1 aromatic carbocycles. The van der Waals surface area contributed by atoms with E-state index in [4.69, 9.17) is 0 Å². The lowest BCUT2D eigenvalue weighted by atomic mass is 9.70. The van der Waals surface area contributed by atoms with Crippen molar-refractivity contribution in [3.8, 4) is 0 Å². The van der Waals surface area contributed by atoms with Gasteiger partial charge in [0.05, 0.1) is 0 Å². The average Bonchev–Trinajstić information content (AvgIpc) is 3.02. The van der Waals surface area contributed by atoms with Crippen LogP contribution in [-0.4, -0.2) is 5.78 Å². The van der Waals surface area contributed by atoms with Crippen LogP contribution in [0.5, 0.6) is 0 Å². The average molecular weight is 268 g/mol. The Balaban J connectivity index is 0.000000123. The second-order valence-electron chi connectivity index (χ2n) is 7.22. The largest absolute Gasteiger partial charge is 0.299 e. The maximum Gasteiger partial charge on any atom is 0.139 e. The molecule has 0 aromatic heterocycles. The van der Waals surface area contributed by atoms with Crippen LogP contribution in [0.15, 0.2) is 30.3 Å². The number of fused-ring (bicyclic) bond motifs is 3. The highest BCUT2D eigenvalue weighted by atomic mass is 16.1. The van der Waals surface area contributed by atoms with Gasteiger partial charge in [-0.15, -0.1) is 0 Å². The third-order valence-corrected chi connectivity index (χ3v) is 6.17. The van der Waals surface area contributed by atoms with Gasteiger partial charge in [0, 0.05) is 11.8 Å². The van der Waals surface area contributed by atoms with Gasteiger partial charge in [-0.25, -0.2) is 0 Å². The van der Waals surface area contributed by atoms with Crippen molar-refractivity contribution >= 4 is 11.9 Å². The van der Waals surface area contributed by atoms with Gasteiger partial charge in [-0.05, 0) is 41.7 Å². The molecule has 2 unspecified atom stereocenters. The fourth-order valence-electron chi connectivity index (χ4n) is 4.10. The molecule has 20 heavy (non-hydrogen) atoms. The van der Waals surface area contributed by atoms with Gasteiger partial charge in [0.2, 0.25) is 0 Å². The van der Waals surface area contributed by atoms with E-state index in [0.29, 0.717) is 11.7 Å². The molecule has 0 saturated heterocycles. The monoisotopic (exact) mass is 268 g/mol. The van der Waals surface area contributed by atoms with Crippen LogP contribution in [0.3, 0.4) is 0 Å². The lowest BCUT2D eigenvalue weighted by molar-refractivity contribution is -0.128. The van der Waals surface area contributed by atoms with E-state index in [9.17, 15) is 4.79 Å². The predicted molar refractivity (Wildman–Crippen MR) is 83.4 cm³/mol. The third-order valence-electron chi connectivity index (χ3n) is 6.17. The number of ketones is 1. The number of carbonyl (C=O) groups excluding carboxylic acids is 1. The standard InChI is InChI=1S/C10H16O.C9H8/c1-9(2)7-4-5-10(9,3)8(11)6-7;1-2-5-9-7-3-6-8(9)4-1/h7H,4-6H2,1-3H3;1-6H,7H2. The summed E-state index contributed by atoms with van der Waals surface area (Å²) >= 11 is 0. The highest BCUT2D eigenvalue weighted by Crippen LogP contribution is 2.63. The van der Waals surface area contributed by atoms with E-state index in [0.717, 1.165) is 19.3 Å². The zero-order chi connectivity index (χ0) is 14.4. The summed E-state index contributed by atoms with van der Waals surface area (Å²) < 4.78 is 0. The van der Waals surface area contributed by atoms with Crippen molar-refractivity contribution in [2.24, 2.45) is 16.7 Å². The van der Waals surface area contributed by atoms with Crippen LogP contribution in [0.4, 0.5) is 0 Å². The van der Waals surface area contributed by atoms with Crippen molar-refractivity contribution in [3.63, 3.8) is 0 Å². The third kappa shape index (κ3) is 1.87. The topological polar surface area (TPSA) is 17.1 Å². The molecule has 0 radical (unpaired) electrons. The van der Waals surface area contributed by atoms with Crippen molar-refractivity contribution < 1.29 is 4.79 Å². The minimum Gasteiger partial charge on any atom is -0.299 e. The molecule has 2 bridgehead atoms. The van der Waals surface area contributed by atoms with Gasteiger partial charge in [-0.2, -0.15) is 0 Å². The summed E-state index contributed by atoms with van der Waals surface area (Å²) in [5, 5.41) is 0. The normalized spacial score (nSPS) is 31.9. The number of carbonyl (C=O) groups is 1. The molecule has 0 spiro atoms. The number of benzene rings is 1. The van der Waals surface area contributed by atoms with Crippen LogP contribution < -0.4 is 0 Å². The number of Topliss-reactive ketones (excluding diaryl/α,β-unsaturated/α-hetero) is 1. The van der Waals surface area contributed by atoms with Crippen LogP contribution >= 0.6 is 0 Å². The maximum absolute atomic E-state index is 11.6. The van der Waals surface area contributed by atoms with Gasteiger partial charge in [-0.1, -0.05) is 57.2 Å². The number of hydrogen-bond donors (Lipinski definition) is 0. The van der Waals surface area contributed by atoms with E-state index in [1.807, 2.05) is 0 Å². The van der Waals surface area contributed by atoms with Gasteiger partial charge in [-0.3, -0.25) is 4.79 Å². The van der Waals surface area contributed by atoms with E-state index < -0.39 is 0 Å². The summed E-state index contributed by atoms with van der Waals surface area (Å²) in [6, 6.07) is 8.49. The highest BCUT2D eigenvalue weighted by molar-refractivity contribution is 5.89. The van der Waals surface area contributed by atoms with E-state index in [1.165, 1.54) is 17.5 Å². The lowest BCUT2D eigenvalue weighted by Gasteiger charge is -2.32. The lowest BCUT2D eigenvalue weighted by Crippen LogP contribution is -2.32. The summed E-state index contributed by atoms with van der Waals surface area (Å²) in [7, 11) is 0. The fourth-order valence-corrected chi connectivity index (χ4v) is 4.10. The molecule has 1 aromatic rings. The molecule has 2 fully saturated rings. The summed E-state index contributed by atoms with van der Waals surface area (Å²) in [5.74, 6) is 1.19. The zero-order valence-electron chi connectivity index (χ0n) is 12.8. The Morgan fingerprint density at radius 1 is 1.15 bits per heavy atom. The molecule has 3 aliphatic rings. The molecule has 2 saturated carbocycles. The van der Waals surface area contributed by atoms with Crippen molar-refractivity contribution in [1.29, 1.82) is 0 Å². The van der Waals surface area contributed by atoms with Crippen molar-refractivity contribution in [2.45, 2.75) is 46.5 Å². The second kappa shape index (κ2) is 4.58. The van der Waals surface area contributed by atoms with E-state index in [1.54, 1.807) is 0 Å². The smallest absolute Gasteiger partial charge is 0.139 e. The second-order valence-corrected chi connectivity index (χ2v) is 7.22. The van der Waals surface area contributed by atoms with E-state index in [2.05, 4.69) is 57.2 Å². The van der Waals surface area contributed by atoms with Crippen LogP contribution in [0.2, 0.25) is 0 Å². The van der Waals surface area contributed by atoms with Gasteiger partial charge in [0.1, 0.15) is 5.78 Å². The molecule has 0 aliphatic heterocycles. The summed E-state index contributed by atoms with van der Waals surface area (Å²) in [4.78, 5) is 11.6. The Labute approximate surface area is 122 Å². The first-order valence-corrected chi connectivity index (χ1v) is 7.73. The van der Waals surface area contributed by atoms with Crippen LogP contribution in [0.25, 0.3) is 6.08 Å². The summed E-state index contributed by atoms with van der Waals surface area (Å²) in [6.07, 6.45) is 8.75. The van der Waals surface area contributed by atoms with Crippen LogP contribution in [0.1, 0.15) is 51.2 Å². The molecule has 3 aliphatic carbocycles. The van der Waals surface area contributed by atoms with Gasteiger partial charge < -0.3 is 0 Å². The molecule has 0 heterocycles. The van der Waals surface area contributed by atoms with Crippen LogP contribution in [0, 0.1) is 16.7 Å². The maximum atomic E-state index is 11.6. The summed E-state index contributed by atoms with van der Waals surface area (Å²) in [6.45, 7) is 6.67. The quantitative estimate of drug-likeness (QED) is 0.669. The molecule has 0 N–H and O–H groups in total. The Morgan fingerprint density at radius 2 is 1.90 bits per heavy atom. The van der Waals surface area contributed by atoms with Crippen molar-refractivity contribution in [3.05, 3.63) is 41.5 Å². The number of rotatable bonds is 0. The Bertz CT molecular complexity index is 567. The first-order chi connectivity index (χ1) is 9.45. The summed E-state index contributed by atoms with van der Waals surface area (Å²) in [5.41, 5.74) is 3.15. The Kier molecular flexibility index (Phi) is 3.12. The molecule has 0 amide bonds. The van der Waals surface area contributed by atoms with Crippen molar-refractivity contribution in [2.75, 3.05) is 0 Å². The molecule has 2 atom stereocenters. The van der Waals surface area contributed by atoms with Gasteiger partial charge in [0.15, 0.2) is 0 Å². The molecule has 1 heteroatoms. The van der Waals surface area contributed by atoms with E-state index in [-0.39, 0.29) is 10.8 Å². The number of hydrogen-bond acceptors (Lipinski definition) is 1. The zero-order valence-corrected chi connectivity index (χ0v) is 12.8.